The highest BCUT2D eigenvalue weighted by Gasteiger charge is 2.23. The molecule has 0 radical (unpaired) electrons. The lowest BCUT2D eigenvalue weighted by molar-refractivity contribution is 0.0601. The van der Waals surface area contributed by atoms with Gasteiger partial charge < -0.3 is 15.4 Å². The third kappa shape index (κ3) is 2.78. The standard InChI is InChI=1S/C14H19ClN2O2/c1-9-5-3-4-6-17(9)13-11(15)7-10(8-12(13)16)14(18)19-2/h7-9H,3-6,16H2,1-2H3/t9-/m0/s1. The van der Waals surface area contributed by atoms with Gasteiger partial charge >= 0.3 is 5.97 Å². The Kier molecular flexibility index (Phi) is 4.20. The first-order chi connectivity index (χ1) is 9.04. The predicted octanol–water partition coefficient (Wildman–Crippen LogP) is 3.09. The second-order valence-corrected chi connectivity index (χ2v) is 5.33. The van der Waals surface area contributed by atoms with Crippen LogP contribution in [0.1, 0.15) is 36.5 Å². The van der Waals surface area contributed by atoms with Crippen molar-refractivity contribution in [2.45, 2.75) is 32.2 Å². The van der Waals surface area contributed by atoms with Gasteiger partial charge in [-0.25, -0.2) is 4.79 Å². The van der Waals surface area contributed by atoms with Gasteiger partial charge in [-0.1, -0.05) is 11.6 Å². The average molecular weight is 283 g/mol. The molecule has 1 heterocycles. The molecule has 1 aliphatic heterocycles. The van der Waals surface area contributed by atoms with Gasteiger partial charge in [-0.05, 0) is 38.3 Å². The zero-order valence-corrected chi connectivity index (χ0v) is 12.0. The fraction of sp³-hybridized carbons (Fsp3) is 0.500. The topological polar surface area (TPSA) is 55.6 Å². The van der Waals surface area contributed by atoms with E-state index < -0.39 is 5.97 Å². The molecule has 0 amide bonds. The zero-order chi connectivity index (χ0) is 14.0. The Labute approximate surface area is 118 Å². The number of nitrogen functional groups attached to an aromatic ring is 1. The number of nitrogens with two attached hydrogens (primary N) is 1. The maximum atomic E-state index is 11.5. The average Bonchev–Trinajstić information content (AvgIpc) is 2.39. The molecule has 0 spiro atoms. The number of hydrogen-bond donors (Lipinski definition) is 1. The number of methoxy groups -OCH3 is 1. The second-order valence-electron chi connectivity index (χ2n) is 4.93. The van der Waals surface area contributed by atoms with E-state index in [1.165, 1.54) is 13.5 Å². The van der Waals surface area contributed by atoms with Crippen LogP contribution in [-0.2, 0) is 4.74 Å². The van der Waals surface area contributed by atoms with Gasteiger partial charge in [-0.3, -0.25) is 0 Å². The van der Waals surface area contributed by atoms with Crippen molar-refractivity contribution in [1.82, 2.24) is 0 Å². The molecule has 1 aromatic rings. The van der Waals surface area contributed by atoms with Gasteiger partial charge in [0.15, 0.2) is 0 Å². The summed E-state index contributed by atoms with van der Waals surface area (Å²) in [5.41, 5.74) is 7.83. The summed E-state index contributed by atoms with van der Waals surface area (Å²) in [6.45, 7) is 3.12. The van der Waals surface area contributed by atoms with Gasteiger partial charge in [0.1, 0.15) is 0 Å². The smallest absolute Gasteiger partial charge is 0.337 e. The molecular weight excluding hydrogens is 264 g/mol. The third-order valence-corrected chi connectivity index (χ3v) is 3.89. The van der Waals surface area contributed by atoms with Crippen LogP contribution in [0.2, 0.25) is 5.02 Å². The van der Waals surface area contributed by atoms with Crippen molar-refractivity contribution in [3.63, 3.8) is 0 Å². The number of carbonyl (C=O) groups is 1. The molecule has 4 nitrogen and oxygen atoms in total. The van der Waals surface area contributed by atoms with Gasteiger partial charge in [-0.2, -0.15) is 0 Å². The largest absolute Gasteiger partial charge is 0.465 e. The van der Waals surface area contributed by atoms with Crippen molar-refractivity contribution in [2.24, 2.45) is 0 Å². The molecule has 0 aliphatic carbocycles. The monoisotopic (exact) mass is 282 g/mol. The third-order valence-electron chi connectivity index (χ3n) is 3.60. The van der Waals surface area contributed by atoms with Crippen molar-refractivity contribution in [3.05, 3.63) is 22.7 Å². The van der Waals surface area contributed by atoms with E-state index in [1.54, 1.807) is 12.1 Å². The number of ether oxygens (including phenoxy) is 1. The van der Waals surface area contributed by atoms with Crippen molar-refractivity contribution < 1.29 is 9.53 Å². The van der Waals surface area contributed by atoms with Crippen LogP contribution in [0.5, 0.6) is 0 Å². The first kappa shape index (κ1) is 14.0. The van der Waals surface area contributed by atoms with Gasteiger partial charge in [0.25, 0.3) is 0 Å². The van der Waals surface area contributed by atoms with Crippen molar-refractivity contribution >= 4 is 28.9 Å². The first-order valence-electron chi connectivity index (χ1n) is 6.48. The van der Waals surface area contributed by atoms with Crippen molar-refractivity contribution in [2.75, 3.05) is 24.3 Å². The SMILES string of the molecule is COC(=O)c1cc(N)c(N2CCCC[C@@H]2C)c(Cl)c1. The summed E-state index contributed by atoms with van der Waals surface area (Å²) in [5.74, 6) is -0.424. The molecule has 104 valence electrons. The number of benzene rings is 1. The van der Waals surface area contributed by atoms with E-state index in [0.29, 0.717) is 22.3 Å². The Morgan fingerprint density at radius 1 is 1.47 bits per heavy atom. The predicted molar refractivity (Wildman–Crippen MR) is 77.9 cm³/mol. The van der Waals surface area contributed by atoms with E-state index in [-0.39, 0.29) is 0 Å². The summed E-state index contributed by atoms with van der Waals surface area (Å²) >= 11 is 6.30. The normalized spacial score (nSPS) is 19.3. The van der Waals surface area contributed by atoms with Gasteiger partial charge in [0.2, 0.25) is 0 Å². The molecule has 0 bridgehead atoms. The maximum Gasteiger partial charge on any atom is 0.337 e. The number of rotatable bonds is 2. The lowest BCUT2D eigenvalue weighted by atomic mass is 10.0. The molecule has 2 rings (SSSR count). The number of anilines is 2. The molecule has 0 saturated carbocycles. The molecule has 0 aromatic heterocycles. The van der Waals surface area contributed by atoms with Crippen LogP contribution in [0.25, 0.3) is 0 Å². The number of hydrogen-bond acceptors (Lipinski definition) is 4. The van der Waals surface area contributed by atoms with E-state index >= 15 is 0 Å². The summed E-state index contributed by atoms with van der Waals surface area (Å²) in [6, 6.07) is 3.67. The minimum Gasteiger partial charge on any atom is -0.465 e. The molecule has 1 aromatic carbocycles. The van der Waals surface area contributed by atoms with Crippen LogP contribution in [-0.4, -0.2) is 25.7 Å². The molecule has 0 unspecified atom stereocenters. The molecule has 19 heavy (non-hydrogen) atoms. The Morgan fingerprint density at radius 3 is 2.79 bits per heavy atom. The Balaban J connectivity index is 2.38. The molecule has 1 saturated heterocycles. The first-order valence-corrected chi connectivity index (χ1v) is 6.86. The lowest BCUT2D eigenvalue weighted by Gasteiger charge is -2.36. The van der Waals surface area contributed by atoms with E-state index in [2.05, 4.69) is 16.6 Å². The van der Waals surface area contributed by atoms with Gasteiger partial charge in [-0.15, -0.1) is 0 Å². The van der Waals surface area contributed by atoms with E-state index in [9.17, 15) is 4.79 Å². The molecule has 5 heteroatoms. The minimum atomic E-state index is -0.424. The van der Waals surface area contributed by atoms with Crippen molar-refractivity contribution in [1.29, 1.82) is 0 Å². The van der Waals surface area contributed by atoms with Crippen LogP contribution >= 0.6 is 11.6 Å². The number of halogens is 1. The Bertz CT molecular complexity index is 467. The van der Waals surface area contributed by atoms with E-state index in [4.69, 9.17) is 17.3 Å². The molecule has 1 fully saturated rings. The summed E-state index contributed by atoms with van der Waals surface area (Å²) in [4.78, 5) is 13.7. The highest BCUT2D eigenvalue weighted by atomic mass is 35.5. The highest BCUT2D eigenvalue weighted by molar-refractivity contribution is 6.34. The Morgan fingerprint density at radius 2 is 2.21 bits per heavy atom. The number of piperidine rings is 1. The fourth-order valence-electron chi connectivity index (χ4n) is 2.59. The Hall–Kier alpha value is -1.42. The summed E-state index contributed by atoms with van der Waals surface area (Å²) in [5, 5.41) is 0.508. The molecular formula is C14H19ClN2O2. The van der Waals surface area contributed by atoms with Crippen molar-refractivity contribution in [3.8, 4) is 0 Å². The number of nitrogens with zero attached hydrogens (tertiary/aromatic N) is 1. The van der Waals surface area contributed by atoms with E-state index in [0.717, 1.165) is 25.1 Å². The molecule has 1 aliphatic rings. The lowest BCUT2D eigenvalue weighted by Crippen LogP contribution is -2.38. The fourth-order valence-corrected chi connectivity index (χ4v) is 2.92. The second kappa shape index (κ2) is 5.70. The highest BCUT2D eigenvalue weighted by Crippen LogP contribution is 2.37. The summed E-state index contributed by atoms with van der Waals surface area (Å²) < 4.78 is 4.69. The van der Waals surface area contributed by atoms with Crippen LogP contribution < -0.4 is 10.6 Å². The van der Waals surface area contributed by atoms with Crippen LogP contribution in [0.4, 0.5) is 11.4 Å². The molecule has 1 atom stereocenters. The summed E-state index contributed by atoms with van der Waals surface area (Å²) in [7, 11) is 1.34. The van der Waals surface area contributed by atoms with Gasteiger partial charge in [0, 0.05) is 12.6 Å². The molecule has 2 N–H and O–H groups in total. The minimum absolute atomic E-state index is 0.387. The van der Waals surface area contributed by atoms with Crippen LogP contribution in [0.15, 0.2) is 12.1 Å². The summed E-state index contributed by atoms with van der Waals surface area (Å²) in [6.07, 6.45) is 3.50. The number of carbonyl (C=O) groups excluding carboxylic acids is 1. The van der Waals surface area contributed by atoms with Gasteiger partial charge in [0.05, 0.1) is 29.1 Å². The van der Waals surface area contributed by atoms with Crippen LogP contribution in [0, 0.1) is 0 Å². The van der Waals surface area contributed by atoms with E-state index in [1.807, 2.05) is 0 Å². The quantitative estimate of drug-likeness (QED) is 0.669. The number of esters is 1. The maximum absolute atomic E-state index is 11.5. The zero-order valence-electron chi connectivity index (χ0n) is 11.3. The van der Waals surface area contributed by atoms with Crippen LogP contribution in [0.3, 0.4) is 0 Å².